The van der Waals surface area contributed by atoms with E-state index in [-0.39, 0.29) is 0 Å². The molecule has 0 aliphatic carbocycles. The predicted octanol–water partition coefficient (Wildman–Crippen LogP) is 3.63. The van der Waals surface area contributed by atoms with Gasteiger partial charge >= 0.3 is 0 Å². The second-order valence-corrected chi connectivity index (χ2v) is 6.15. The highest BCUT2D eigenvalue weighted by molar-refractivity contribution is 5.16. The first kappa shape index (κ1) is 20.5. The van der Waals surface area contributed by atoms with Crippen molar-refractivity contribution in [1.82, 2.24) is 0 Å². The molecule has 0 fully saturated rings. The number of methoxy groups -OCH3 is 2. The lowest BCUT2D eigenvalue weighted by molar-refractivity contribution is -0.0239. The molecule has 6 nitrogen and oxygen atoms in total. The summed E-state index contributed by atoms with van der Waals surface area (Å²) in [5, 5.41) is 27.8. The summed E-state index contributed by atoms with van der Waals surface area (Å²) in [5.41, 5.74) is -3.85. The summed E-state index contributed by atoms with van der Waals surface area (Å²) in [6, 6.07) is 4.34. The van der Waals surface area contributed by atoms with E-state index in [2.05, 4.69) is 22.4 Å². The number of rotatable bonds is 8. The Kier molecular flexibility index (Phi) is 6.69. The molecule has 0 aliphatic heterocycles. The molecule has 0 radical (unpaired) electrons. The standard InChI is InChI=1S/C16H28N4O2/c1-9-13(3,15(5,11-17)21-7)19-20-14(4,10-2)16(6,12-18)22-8/h9-10H2,1-8H3/b20-19+. The van der Waals surface area contributed by atoms with Gasteiger partial charge in [0.2, 0.25) is 0 Å². The molecule has 0 heterocycles. The van der Waals surface area contributed by atoms with Crippen molar-refractivity contribution in [3.05, 3.63) is 0 Å². The Morgan fingerprint density at radius 2 is 1.05 bits per heavy atom. The molecule has 0 saturated heterocycles. The van der Waals surface area contributed by atoms with Crippen LogP contribution in [0.3, 0.4) is 0 Å². The third-order valence-corrected chi connectivity index (χ3v) is 5.17. The summed E-state index contributed by atoms with van der Waals surface area (Å²) < 4.78 is 10.7. The Balaban J connectivity index is 5.90. The van der Waals surface area contributed by atoms with Crippen LogP contribution >= 0.6 is 0 Å². The van der Waals surface area contributed by atoms with Crippen molar-refractivity contribution < 1.29 is 9.47 Å². The molecular formula is C16H28N4O2. The van der Waals surface area contributed by atoms with E-state index in [0.29, 0.717) is 12.8 Å². The van der Waals surface area contributed by atoms with Crippen LogP contribution in [0.25, 0.3) is 0 Å². The molecule has 0 amide bonds. The summed E-state index contributed by atoms with van der Waals surface area (Å²) in [4.78, 5) is 0. The van der Waals surface area contributed by atoms with Crippen LogP contribution in [0.2, 0.25) is 0 Å². The van der Waals surface area contributed by atoms with E-state index in [1.165, 1.54) is 14.2 Å². The lowest BCUT2D eigenvalue weighted by atomic mass is 9.80. The first-order valence-corrected chi connectivity index (χ1v) is 7.44. The van der Waals surface area contributed by atoms with Crippen LogP contribution < -0.4 is 0 Å². The van der Waals surface area contributed by atoms with Crippen LogP contribution in [0.1, 0.15) is 54.4 Å². The van der Waals surface area contributed by atoms with Crippen molar-refractivity contribution in [3.8, 4) is 12.1 Å². The molecule has 0 bridgehead atoms. The lowest BCUT2D eigenvalue weighted by Crippen LogP contribution is -2.51. The quantitative estimate of drug-likeness (QED) is 0.640. The van der Waals surface area contributed by atoms with Crippen LogP contribution in [0.15, 0.2) is 10.2 Å². The zero-order chi connectivity index (χ0) is 17.7. The first-order chi connectivity index (χ1) is 10.1. The topological polar surface area (TPSA) is 90.8 Å². The number of hydrogen-bond donors (Lipinski definition) is 0. The van der Waals surface area contributed by atoms with Gasteiger partial charge in [-0.3, -0.25) is 0 Å². The van der Waals surface area contributed by atoms with Gasteiger partial charge in [0.05, 0.1) is 12.1 Å². The summed E-state index contributed by atoms with van der Waals surface area (Å²) in [6.45, 7) is 10.9. The fraction of sp³-hybridized carbons (Fsp3) is 0.875. The fourth-order valence-corrected chi connectivity index (χ4v) is 2.00. The van der Waals surface area contributed by atoms with E-state index in [9.17, 15) is 10.5 Å². The van der Waals surface area contributed by atoms with E-state index in [1.807, 2.05) is 27.7 Å². The average molecular weight is 308 g/mol. The smallest absolute Gasteiger partial charge is 0.177 e. The van der Waals surface area contributed by atoms with Gasteiger partial charge in [0.25, 0.3) is 0 Å². The highest BCUT2D eigenvalue weighted by Gasteiger charge is 2.49. The van der Waals surface area contributed by atoms with Gasteiger partial charge in [-0.25, -0.2) is 0 Å². The van der Waals surface area contributed by atoms with Crippen molar-refractivity contribution in [1.29, 1.82) is 10.5 Å². The van der Waals surface area contributed by atoms with Gasteiger partial charge in [-0.1, -0.05) is 13.8 Å². The molecule has 0 N–H and O–H groups in total. The lowest BCUT2D eigenvalue weighted by Gasteiger charge is -2.39. The monoisotopic (exact) mass is 308 g/mol. The summed E-state index contributed by atoms with van der Waals surface area (Å²) >= 11 is 0. The average Bonchev–Trinajstić information content (AvgIpc) is 2.57. The highest BCUT2D eigenvalue weighted by Crippen LogP contribution is 2.37. The molecule has 0 aromatic heterocycles. The first-order valence-electron chi connectivity index (χ1n) is 7.44. The van der Waals surface area contributed by atoms with E-state index in [4.69, 9.17) is 9.47 Å². The van der Waals surface area contributed by atoms with Gasteiger partial charge < -0.3 is 9.47 Å². The summed E-state index contributed by atoms with van der Waals surface area (Å²) in [5.74, 6) is 0. The molecule has 4 atom stereocenters. The number of hydrogen-bond acceptors (Lipinski definition) is 6. The van der Waals surface area contributed by atoms with Crippen LogP contribution in [0, 0.1) is 22.7 Å². The Labute approximate surface area is 134 Å². The van der Waals surface area contributed by atoms with E-state index < -0.39 is 22.3 Å². The van der Waals surface area contributed by atoms with E-state index in [1.54, 1.807) is 13.8 Å². The second kappa shape index (κ2) is 7.17. The van der Waals surface area contributed by atoms with Gasteiger partial charge in [0, 0.05) is 14.2 Å². The van der Waals surface area contributed by atoms with Crippen molar-refractivity contribution >= 4 is 0 Å². The van der Waals surface area contributed by atoms with E-state index in [0.717, 1.165) is 0 Å². The van der Waals surface area contributed by atoms with E-state index >= 15 is 0 Å². The molecule has 0 rings (SSSR count). The number of nitrogens with zero attached hydrogens (tertiary/aromatic N) is 4. The zero-order valence-corrected chi connectivity index (χ0v) is 15.0. The van der Waals surface area contributed by atoms with Gasteiger partial charge in [-0.2, -0.15) is 20.8 Å². The molecular weight excluding hydrogens is 280 g/mol. The van der Waals surface area contributed by atoms with Gasteiger partial charge in [0.15, 0.2) is 11.2 Å². The molecule has 22 heavy (non-hydrogen) atoms. The van der Waals surface area contributed by atoms with Gasteiger partial charge in [0.1, 0.15) is 11.1 Å². The molecule has 0 aromatic rings. The molecule has 0 aliphatic rings. The maximum atomic E-state index is 9.44. The van der Waals surface area contributed by atoms with Crippen LogP contribution in [-0.4, -0.2) is 36.5 Å². The Bertz CT molecular complexity index is 451. The molecule has 4 unspecified atom stereocenters. The molecule has 0 spiro atoms. The fourth-order valence-electron chi connectivity index (χ4n) is 2.00. The van der Waals surface area contributed by atoms with Crippen molar-refractivity contribution in [2.45, 2.75) is 76.7 Å². The minimum absolute atomic E-state index is 0.574. The Hall–Kier alpha value is -1.50. The predicted molar refractivity (Wildman–Crippen MR) is 84.3 cm³/mol. The summed E-state index contributed by atoms with van der Waals surface area (Å²) in [6.07, 6.45) is 1.15. The molecule has 124 valence electrons. The second-order valence-electron chi connectivity index (χ2n) is 6.15. The normalized spacial score (nSPS) is 22.6. The number of ether oxygens (including phenoxy) is 2. The Morgan fingerprint density at radius 1 is 0.773 bits per heavy atom. The maximum Gasteiger partial charge on any atom is 0.177 e. The number of nitriles is 2. The van der Waals surface area contributed by atoms with Crippen molar-refractivity contribution in [2.24, 2.45) is 10.2 Å². The van der Waals surface area contributed by atoms with Crippen LogP contribution in [-0.2, 0) is 9.47 Å². The maximum absolute atomic E-state index is 9.44. The SMILES string of the molecule is CCC(C)(/N=N/C(C)(CC)C(C)(C#N)OC)C(C)(C#N)OC. The van der Waals surface area contributed by atoms with Crippen LogP contribution in [0.4, 0.5) is 0 Å². The van der Waals surface area contributed by atoms with Gasteiger partial charge in [-0.05, 0) is 40.5 Å². The molecule has 0 aromatic carbocycles. The number of azo groups is 1. The zero-order valence-electron chi connectivity index (χ0n) is 15.0. The third-order valence-electron chi connectivity index (χ3n) is 5.17. The minimum Gasteiger partial charge on any atom is -0.361 e. The summed E-state index contributed by atoms with van der Waals surface area (Å²) in [7, 11) is 2.97. The highest BCUT2D eigenvalue weighted by atomic mass is 16.5. The van der Waals surface area contributed by atoms with Crippen molar-refractivity contribution in [2.75, 3.05) is 14.2 Å². The third kappa shape index (κ3) is 3.29. The Morgan fingerprint density at radius 3 is 1.18 bits per heavy atom. The van der Waals surface area contributed by atoms with Crippen molar-refractivity contribution in [3.63, 3.8) is 0 Å². The molecule has 0 saturated carbocycles. The minimum atomic E-state index is -1.10. The van der Waals surface area contributed by atoms with Crippen LogP contribution in [0.5, 0.6) is 0 Å². The van der Waals surface area contributed by atoms with Gasteiger partial charge in [-0.15, -0.1) is 0 Å². The largest absolute Gasteiger partial charge is 0.361 e. The molecule has 6 heteroatoms.